The quantitative estimate of drug-likeness (QED) is 0.927. The van der Waals surface area contributed by atoms with Crippen LogP contribution in [0.3, 0.4) is 0 Å². The first kappa shape index (κ1) is 13.3. The third-order valence-electron chi connectivity index (χ3n) is 4.05. The lowest BCUT2D eigenvalue weighted by atomic mass is 10.0. The highest BCUT2D eigenvalue weighted by Crippen LogP contribution is 2.34. The highest BCUT2D eigenvalue weighted by Gasteiger charge is 2.32. The van der Waals surface area contributed by atoms with Crippen LogP contribution < -0.4 is 5.32 Å². The van der Waals surface area contributed by atoms with Gasteiger partial charge in [0.1, 0.15) is 0 Å². The van der Waals surface area contributed by atoms with Gasteiger partial charge in [-0.15, -0.1) is 0 Å². The van der Waals surface area contributed by atoms with Crippen LogP contribution in [-0.4, -0.2) is 22.7 Å². The van der Waals surface area contributed by atoms with Crippen molar-refractivity contribution >= 4 is 0 Å². The first-order valence-corrected chi connectivity index (χ1v) is 7.42. The molecule has 1 aromatic carbocycles. The number of aryl methyl sites for hydroxylation is 1. The fourth-order valence-electron chi connectivity index (χ4n) is 2.97. The topological polar surface area (TPSA) is 51.0 Å². The second-order valence-electron chi connectivity index (χ2n) is 5.52. The minimum absolute atomic E-state index is 0.363. The molecule has 1 saturated carbocycles. The summed E-state index contributed by atoms with van der Waals surface area (Å²) < 4.78 is 5.51. The monoisotopic (exact) mass is 271 g/mol. The summed E-state index contributed by atoms with van der Waals surface area (Å²) in [4.78, 5) is 4.61. The molecule has 0 amide bonds. The van der Waals surface area contributed by atoms with Crippen LogP contribution in [0.5, 0.6) is 0 Å². The second kappa shape index (κ2) is 5.75. The Kier molecular flexibility index (Phi) is 3.83. The lowest BCUT2D eigenvalue weighted by Crippen LogP contribution is -2.31. The summed E-state index contributed by atoms with van der Waals surface area (Å²) in [7, 11) is 0. The lowest BCUT2D eigenvalue weighted by molar-refractivity contribution is 0.332. The normalized spacial score (nSPS) is 22.3. The summed E-state index contributed by atoms with van der Waals surface area (Å²) in [5.74, 6) is 1.84. The molecular formula is C16H21N3O. The molecule has 3 rings (SSSR count). The average molecular weight is 271 g/mol. The molecule has 2 aromatic rings. The third-order valence-corrected chi connectivity index (χ3v) is 4.05. The molecule has 4 heteroatoms. The molecule has 20 heavy (non-hydrogen) atoms. The SMILES string of the molecule is CCNC1CCCC1c1nc(-c2ccc(C)cc2)no1. The van der Waals surface area contributed by atoms with Crippen molar-refractivity contribution in [1.82, 2.24) is 15.5 Å². The van der Waals surface area contributed by atoms with Crippen molar-refractivity contribution in [1.29, 1.82) is 0 Å². The van der Waals surface area contributed by atoms with Gasteiger partial charge in [-0.3, -0.25) is 0 Å². The molecule has 0 spiro atoms. The van der Waals surface area contributed by atoms with Crippen LogP contribution in [-0.2, 0) is 0 Å². The zero-order valence-corrected chi connectivity index (χ0v) is 12.1. The third kappa shape index (κ3) is 2.61. The Morgan fingerprint density at radius 1 is 1.25 bits per heavy atom. The van der Waals surface area contributed by atoms with Crippen LogP contribution in [0.25, 0.3) is 11.4 Å². The Morgan fingerprint density at radius 2 is 2.05 bits per heavy atom. The van der Waals surface area contributed by atoms with Crippen LogP contribution in [0.1, 0.15) is 43.6 Å². The van der Waals surface area contributed by atoms with Crippen LogP contribution >= 0.6 is 0 Å². The largest absolute Gasteiger partial charge is 0.339 e. The van der Waals surface area contributed by atoms with Gasteiger partial charge in [0, 0.05) is 11.6 Å². The number of rotatable bonds is 4. The highest BCUT2D eigenvalue weighted by molar-refractivity contribution is 5.54. The van der Waals surface area contributed by atoms with Crippen LogP contribution in [0.4, 0.5) is 0 Å². The summed E-state index contributed by atoms with van der Waals surface area (Å²) in [5, 5.41) is 7.66. The number of nitrogens with zero attached hydrogens (tertiary/aromatic N) is 2. The molecule has 0 saturated heterocycles. The number of hydrogen-bond donors (Lipinski definition) is 1. The van der Waals surface area contributed by atoms with Gasteiger partial charge in [0.15, 0.2) is 0 Å². The van der Waals surface area contributed by atoms with Gasteiger partial charge in [0.2, 0.25) is 11.7 Å². The highest BCUT2D eigenvalue weighted by atomic mass is 16.5. The maximum atomic E-state index is 5.51. The van der Waals surface area contributed by atoms with Gasteiger partial charge >= 0.3 is 0 Å². The molecule has 1 aromatic heterocycles. The fraction of sp³-hybridized carbons (Fsp3) is 0.500. The van der Waals surface area contributed by atoms with Gasteiger partial charge < -0.3 is 9.84 Å². The van der Waals surface area contributed by atoms with E-state index in [2.05, 4.69) is 41.4 Å². The first-order chi connectivity index (χ1) is 9.78. The molecular weight excluding hydrogens is 250 g/mol. The van der Waals surface area contributed by atoms with E-state index in [-0.39, 0.29) is 0 Å². The van der Waals surface area contributed by atoms with E-state index in [9.17, 15) is 0 Å². The molecule has 106 valence electrons. The summed E-state index contributed by atoms with van der Waals surface area (Å²) in [6, 6.07) is 8.71. The minimum atomic E-state index is 0.363. The van der Waals surface area contributed by atoms with E-state index < -0.39 is 0 Å². The molecule has 1 aliphatic carbocycles. The Balaban J connectivity index is 1.81. The predicted molar refractivity (Wildman–Crippen MR) is 78.5 cm³/mol. The summed E-state index contributed by atoms with van der Waals surface area (Å²) >= 11 is 0. The lowest BCUT2D eigenvalue weighted by Gasteiger charge is -2.16. The van der Waals surface area contributed by atoms with Crippen LogP contribution in [0.15, 0.2) is 28.8 Å². The molecule has 0 radical (unpaired) electrons. The molecule has 0 bridgehead atoms. The number of nitrogens with one attached hydrogen (secondary N) is 1. The first-order valence-electron chi connectivity index (χ1n) is 7.42. The maximum Gasteiger partial charge on any atom is 0.231 e. The molecule has 1 fully saturated rings. The van der Waals surface area contributed by atoms with Crippen molar-refractivity contribution in [3.63, 3.8) is 0 Å². The van der Waals surface area contributed by atoms with Crippen molar-refractivity contribution in [3.8, 4) is 11.4 Å². The maximum absolute atomic E-state index is 5.51. The molecule has 2 atom stereocenters. The smallest absolute Gasteiger partial charge is 0.231 e. The summed E-state index contributed by atoms with van der Waals surface area (Å²) in [5.41, 5.74) is 2.25. The Bertz CT molecular complexity index is 561. The standard InChI is InChI=1S/C16H21N3O/c1-3-17-14-6-4-5-13(14)16-18-15(19-20-16)12-9-7-11(2)8-10-12/h7-10,13-14,17H,3-6H2,1-2H3. The van der Waals surface area contributed by atoms with Crippen molar-refractivity contribution in [2.45, 2.75) is 45.1 Å². The van der Waals surface area contributed by atoms with Crippen LogP contribution in [0.2, 0.25) is 0 Å². The Labute approximate surface area is 119 Å². The molecule has 1 aliphatic rings. The van der Waals surface area contributed by atoms with Crippen molar-refractivity contribution in [2.75, 3.05) is 6.54 Å². The summed E-state index contributed by atoms with van der Waals surface area (Å²) in [6.07, 6.45) is 3.55. The number of benzene rings is 1. The molecule has 1 N–H and O–H groups in total. The number of likely N-dealkylation sites (N-methyl/N-ethyl adjacent to an activating group) is 1. The van der Waals surface area contributed by atoms with Gasteiger partial charge in [-0.05, 0) is 26.3 Å². The Morgan fingerprint density at radius 3 is 2.80 bits per heavy atom. The van der Waals surface area contributed by atoms with Gasteiger partial charge in [-0.2, -0.15) is 4.98 Å². The van der Waals surface area contributed by atoms with Gasteiger partial charge in [0.25, 0.3) is 0 Å². The second-order valence-corrected chi connectivity index (χ2v) is 5.52. The number of aromatic nitrogens is 2. The molecule has 2 unspecified atom stereocenters. The van der Waals surface area contributed by atoms with E-state index in [1.807, 2.05) is 12.1 Å². The minimum Gasteiger partial charge on any atom is -0.339 e. The van der Waals surface area contributed by atoms with Gasteiger partial charge in [-0.25, -0.2) is 0 Å². The molecule has 0 aliphatic heterocycles. The van der Waals surface area contributed by atoms with Crippen molar-refractivity contribution < 1.29 is 4.52 Å². The van der Waals surface area contributed by atoms with Crippen LogP contribution in [0, 0.1) is 6.92 Å². The fourth-order valence-corrected chi connectivity index (χ4v) is 2.97. The van der Waals surface area contributed by atoms with E-state index in [4.69, 9.17) is 4.52 Å². The average Bonchev–Trinajstić information content (AvgIpc) is 3.08. The molecule has 1 heterocycles. The van der Waals surface area contributed by atoms with E-state index >= 15 is 0 Å². The van der Waals surface area contributed by atoms with Gasteiger partial charge in [0.05, 0.1) is 5.92 Å². The van der Waals surface area contributed by atoms with E-state index in [0.717, 1.165) is 24.4 Å². The van der Waals surface area contributed by atoms with Crippen molar-refractivity contribution in [2.24, 2.45) is 0 Å². The van der Waals surface area contributed by atoms with E-state index in [1.54, 1.807) is 0 Å². The van der Waals surface area contributed by atoms with E-state index in [1.165, 1.54) is 18.4 Å². The van der Waals surface area contributed by atoms with E-state index in [0.29, 0.717) is 17.8 Å². The summed E-state index contributed by atoms with van der Waals surface area (Å²) in [6.45, 7) is 5.20. The van der Waals surface area contributed by atoms with Crippen molar-refractivity contribution in [3.05, 3.63) is 35.7 Å². The Hall–Kier alpha value is -1.68. The molecule has 4 nitrogen and oxygen atoms in total. The zero-order chi connectivity index (χ0) is 13.9. The predicted octanol–water partition coefficient (Wildman–Crippen LogP) is 3.29. The zero-order valence-electron chi connectivity index (χ0n) is 12.1. The van der Waals surface area contributed by atoms with Gasteiger partial charge in [-0.1, -0.05) is 48.3 Å². The number of hydrogen-bond acceptors (Lipinski definition) is 4.